The highest BCUT2D eigenvalue weighted by Gasteiger charge is 2.12. The number of nitrogens with zero attached hydrogens (tertiary/aromatic N) is 2. The first kappa shape index (κ1) is 17.9. The summed E-state index contributed by atoms with van der Waals surface area (Å²) in [6.45, 7) is 2.03. The average molecular weight is 369 g/mol. The van der Waals surface area contributed by atoms with Crippen LogP contribution in [0.2, 0.25) is 0 Å². The molecule has 0 unspecified atom stereocenters. The maximum Gasteiger partial charge on any atom is 0.230 e. The molecule has 0 aliphatic heterocycles. The molecule has 0 saturated carbocycles. The first-order chi connectivity index (χ1) is 12.6. The summed E-state index contributed by atoms with van der Waals surface area (Å²) in [5, 5.41) is 12.2. The number of nitrogens with one attached hydrogen (secondary N) is 1. The fraction of sp³-hybridized carbons (Fsp3) is 0.211. The van der Waals surface area contributed by atoms with Gasteiger partial charge in [-0.1, -0.05) is 47.2 Å². The molecule has 26 heavy (non-hydrogen) atoms. The van der Waals surface area contributed by atoms with Gasteiger partial charge in [0.1, 0.15) is 5.01 Å². The van der Waals surface area contributed by atoms with Gasteiger partial charge in [0.25, 0.3) is 0 Å². The number of rotatable bonds is 6. The minimum atomic E-state index is -0.163. The second-order valence-corrected chi connectivity index (χ2v) is 6.67. The van der Waals surface area contributed by atoms with Gasteiger partial charge >= 0.3 is 0 Å². The van der Waals surface area contributed by atoms with Gasteiger partial charge in [-0.05, 0) is 24.6 Å². The maximum atomic E-state index is 12.3. The van der Waals surface area contributed by atoms with Crippen molar-refractivity contribution in [3.63, 3.8) is 0 Å². The molecule has 1 amide bonds. The number of carbonyl (C=O) groups excluding carboxylic acids is 1. The molecule has 134 valence electrons. The molecule has 1 aromatic heterocycles. The molecule has 3 rings (SSSR count). The summed E-state index contributed by atoms with van der Waals surface area (Å²) >= 11 is 1.35. The minimum absolute atomic E-state index is 0.163. The Morgan fingerprint density at radius 3 is 2.46 bits per heavy atom. The largest absolute Gasteiger partial charge is 0.493 e. The van der Waals surface area contributed by atoms with Crippen LogP contribution < -0.4 is 14.8 Å². The van der Waals surface area contributed by atoms with Crippen LogP contribution in [-0.4, -0.2) is 30.3 Å². The van der Waals surface area contributed by atoms with Gasteiger partial charge in [-0.3, -0.25) is 4.79 Å². The molecule has 6 nitrogen and oxygen atoms in total. The van der Waals surface area contributed by atoms with Crippen molar-refractivity contribution in [1.82, 2.24) is 10.2 Å². The van der Waals surface area contributed by atoms with E-state index < -0.39 is 0 Å². The third-order valence-corrected chi connectivity index (χ3v) is 4.67. The van der Waals surface area contributed by atoms with Crippen molar-refractivity contribution in [3.8, 4) is 22.1 Å². The molecular weight excluding hydrogens is 350 g/mol. The van der Waals surface area contributed by atoms with Crippen LogP contribution in [0.1, 0.15) is 11.1 Å². The highest BCUT2D eigenvalue weighted by molar-refractivity contribution is 7.18. The molecular formula is C19H19N3O3S. The molecule has 0 atom stereocenters. The van der Waals surface area contributed by atoms with Gasteiger partial charge in [-0.15, -0.1) is 10.2 Å². The fourth-order valence-corrected chi connectivity index (χ4v) is 3.19. The number of aryl methyl sites for hydroxylation is 1. The molecule has 0 bridgehead atoms. The van der Waals surface area contributed by atoms with Gasteiger partial charge in [-0.2, -0.15) is 0 Å². The fourth-order valence-electron chi connectivity index (χ4n) is 2.43. The molecule has 0 aliphatic carbocycles. The normalized spacial score (nSPS) is 10.4. The number of hydrogen-bond acceptors (Lipinski definition) is 6. The average Bonchev–Trinajstić information content (AvgIpc) is 3.10. The van der Waals surface area contributed by atoms with E-state index in [9.17, 15) is 4.79 Å². The lowest BCUT2D eigenvalue weighted by Gasteiger charge is -2.09. The lowest BCUT2D eigenvalue weighted by Crippen LogP contribution is -2.14. The van der Waals surface area contributed by atoms with E-state index in [2.05, 4.69) is 15.5 Å². The summed E-state index contributed by atoms with van der Waals surface area (Å²) < 4.78 is 10.5. The first-order valence-electron chi connectivity index (χ1n) is 8.00. The van der Waals surface area contributed by atoms with Crippen molar-refractivity contribution in [2.75, 3.05) is 19.5 Å². The van der Waals surface area contributed by atoms with Gasteiger partial charge in [0.05, 0.1) is 20.6 Å². The molecule has 0 aliphatic rings. The summed E-state index contributed by atoms with van der Waals surface area (Å²) in [6, 6.07) is 13.4. The Kier molecular flexibility index (Phi) is 5.48. The number of methoxy groups -OCH3 is 2. The first-order valence-corrected chi connectivity index (χ1v) is 8.82. The summed E-state index contributed by atoms with van der Waals surface area (Å²) in [7, 11) is 3.14. The highest BCUT2D eigenvalue weighted by atomic mass is 32.1. The zero-order chi connectivity index (χ0) is 18.5. The second kappa shape index (κ2) is 7.97. The summed E-state index contributed by atoms with van der Waals surface area (Å²) in [5.74, 6) is 1.06. The third kappa shape index (κ3) is 4.18. The summed E-state index contributed by atoms with van der Waals surface area (Å²) in [6.07, 6.45) is 0.208. The lowest BCUT2D eigenvalue weighted by atomic mass is 10.1. The van der Waals surface area contributed by atoms with Crippen LogP contribution in [0.4, 0.5) is 5.13 Å². The summed E-state index contributed by atoms with van der Waals surface area (Å²) in [4.78, 5) is 12.3. The van der Waals surface area contributed by atoms with E-state index in [4.69, 9.17) is 9.47 Å². The van der Waals surface area contributed by atoms with Crippen molar-refractivity contribution < 1.29 is 14.3 Å². The van der Waals surface area contributed by atoms with Crippen LogP contribution in [0.5, 0.6) is 11.5 Å². The van der Waals surface area contributed by atoms with Crippen molar-refractivity contribution in [2.24, 2.45) is 0 Å². The Morgan fingerprint density at radius 1 is 1.04 bits per heavy atom. The van der Waals surface area contributed by atoms with Gasteiger partial charge in [0.2, 0.25) is 11.0 Å². The summed E-state index contributed by atoms with van der Waals surface area (Å²) in [5.41, 5.74) is 2.98. The van der Waals surface area contributed by atoms with Gasteiger partial charge in [0.15, 0.2) is 11.5 Å². The van der Waals surface area contributed by atoms with E-state index in [0.29, 0.717) is 16.6 Å². The van der Waals surface area contributed by atoms with E-state index in [1.54, 1.807) is 26.4 Å². The molecule has 7 heteroatoms. The molecule has 3 aromatic rings. The van der Waals surface area contributed by atoms with Gasteiger partial charge in [-0.25, -0.2) is 0 Å². The smallest absolute Gasteiger partial charge is 0.230 e. The second-order valence-electron chi connectivity index (χ2n) is 5.69. The van der Waals surface area contributed by atoms with E-state index in [-0.39, 0.29) is 12.3 Å². The van der Waals surface area contributed by atoms with E-state index >= 15 is 0 Å². The van der Waals surface area contributed by atoms with Crippen molar-refractivity contribution in [3.05, 3.63) is 53.6 Å². The Hall–Kier alpha value is -2.93. The van der Waals surface area contributed by atoms with Crippen LogP contribution in [0.15, 0.2) is 42.5 Å². The molecule has 0 spiro atoms. The third-order valence-electron chi connectivity index (χ3n) is 3.78. The number of benzene rings is 2. The standard InChI is InChI=1S/C19H19N3O3S/c1-12-4-7-14(8-5-12)18-21-22-19(26-18)20-17(23)11-13-6-9-15(24-2)16(10-13)25-3/h4-10H,11H2,1-3H3,(H,20,22,23). The van der Waals surface area contributed by atoms with Crippen LogP contribution >= 0.6 is 11.3 Å². The molecule has 0 fully saturated rings. The number of anilines is 1. The predicted molar refractivity (Wildman–Crippen MR) is 102 cm³/mol. The minimum Gasteiger partial charge on any atom is -0.493 e. The topological polar surface area (TPSA) is 73.3 Å². The van der Waals surface area contributed by atoms with Crippen LogP contribution in [0, 0.1) is 6.92 Å². The molecule has 1 N–H and O–H groups in total. The van der Waals surface area contributed by atoms with Crippen molar-refractivity contribution in [2.45, 2.75) is 13.3 Å². The van der Waals surface area contributed by atoms with E-state index in [0.717, 1.165) is 16.1 Å². The quantitative estimate of drug-likeness (QED) is 0.717. The molecule has 0 saturated heterocycles. The highest BCUT2D eigenvalue weighted by Crippen LogP contribution is 2.29. The molecule has 1 heterocycles. The predicted octanol–water partition coefficient (Wildman–Crippen LogP) is 3.71. The lowest BCUT2D eigenvalue weighted by molar-refractivity contribution is -0.115. The number of ether oxygens (including phenoxy) is 2. The van der Waals surface area contributed by atoms with Gasteiger partial charge < -0.3 is 14.8 Å². The maximum absolute atomic E-state index is 12.3. The number of aromatic nitrogens is 2. The van der Waals surface area contributed by atoms with E-state index in [1.807, 2.05) is 37.3 Å². The number of carbonyl (C=O) groups is 1. The van der Waals surface area contributed by atoms with E-state index in [1.165, 1.54) is 16.9 Å². The van der Waals surface area contributed by atoms with Crippen LogP contribution in [0.25, 0.3) is 10.6 Å². The molecule has 0 radical (unpaired) electrons. The monoisotopic (exact) mass is 369 g/mol. The number of hydrogen-bond donors (Lipinski definition) is 1. The van der Waals surface area contributed by atoms with Gasteiger partial charge in [0, 0.05) is 5.56 Å². The van der Waals surface area contributed by atoms with Crippen molar-refractivity contribution in [1.29, 1.82) is 0 Å². The Morgan fingerprint density at radius 2 is 1.77 bits per heavy atom. The zero-order valence-corrected chi connectivity index (χ0v) is 15.6. The Balaban J connectivity index is 1.66. The van der Waals surface area contributed by atoms with Crippen LogP contribution in [-0.2, 0) is 11.2 Å². The zero-order valence-electron chi connectivity index (χ0n) is 14.8. The number of amides is 1. The Bertz CT molecular complexity index is 907. The van der Waals surface area contributed by atoms with Crippen LogP contribution in [0.3, 0.4) is 0 Å². The SMILES string of the molecule is COc1ccc(CC(=O)Nc2nnc(-c3ccc(C)cc3)s2)cc1OC. The van der Waals surface area contributed by atoms with Crippen molar-refractivity contribution >= 4 is 22.4 Å². The Labute approximate surface area is 155 Å². The molecule has 2 aromatic carbocycles.